The van der Waals surface area contributed by atoms with Crippen molar-refractivity contribution in [1.29, 1.82) is 0 Å². The molecule has 0 aliphatic heterocycles. The molecule has 0 radical (unpaired) electrons. The Morgan fingerprint density at radius 3 is 1.07 bits per heavy atom. The van der Waals surface area contributed by atoms with Crippen molar-refractivity contribution < 1.29 is 14.7 Å². The number of carbonyl (C=O) groups excluding carboxylic acids is 1. The summed E-state index contributed by atoms with van der Waals surface area (Å²) in [5.74, 6) is -0.866. The van der Waals surface area contributed by atoms with Crippen LogP contribution in [0.3, 0.4) is 0 Å². The van der Waals surface area contributed by atoms with Crippen LogP contribution in [-0.4, -0.2) is 41.5 Å². The van der Waals surface area contributed by atoms with Crippen LogP contribution in [0.15, 0.2) is 0 Å². The Labute approximate surface area is 275 Å². The molecule has 0 aliphatic carbocycles. The van der Waals surface area contributed by atoms with Gasteiger partial charge in [0.25, 0.3) is 0 Å². The minimum atomic E-state index is -0.653. The van der Waals surface area contributed by atoms with E-state index in [0.29, 0.717) is 6.54 Å². The SMILES string of the molecule is CCCCCCCCCCCCCCCCCCN(CCCCC(CCCCCCCCCCCCC)C(=O)O)C(=O)CN. The van der Waals surface area contributed by atoms with Crippen LogP contribution in [0.25, 0.3) is 0 Å². The third kappa shape index (κ3) is 29.6. The highest BCUT2D eigenvalue weighted by Crippen LogP contribution is 2.19. The minimum absolute atomic E-state index is 0.0294. The zero-order chi connectivity index (χ0) is 32.4. The Bertz CT molecular complexity index is 612. The van der Waals surface area contributed by atoms with Crippen molar-refractivity contribution in [2.45, 2.75) is 213 Å². The molecule has 0 heterocycles. The van der Waals surface area contributed by atoms with E-state index in [1.165, 1.54) is 154 Å². The second-order valence-electron chi connectivity index (χ2n) is 13.7. The maximum Gasteiger partial charge on any atom is 0.306 e. The fraction of sp³-hybridized carbons (Fsp3) is 0.949. The quantitative estimate of drug-likeness (QED) is 0.0681. The Morgan fingerprint density at radius 1 is 0.477 bits per heavy atom. The van der Waals surface area contributed by atoms with Gasteiger partial charge in [0.05, 0.1) is 12.5 Å². The van der Waals surface area contributed by atoms with Crippen LogP contribution in [0.2, 0.25) is 0 Å². The molecule has 1 atom stereocenters. The molecule has 0 aromatic carbocycles. The maximum atomic E-state index is 12.4. The van der Waals surface area contributed by atoms with Crippen LogP contribution < -0.4 is 5.73 Å². The van der Waals surface area contributed by atoms with Gasteiger partial charge in [0.15, 0.2) is 0 Å². The first-order chi connectivity index (χ1) is 21.6. The van der Waals surface area contributed by atoms with E-state index < -0.39 is 5.97 Å². The maximum absolute atomic E-state index is 12.4. The number of carbonyl (C=O) groups is 2. The lowest BCUT2D eigenvalue weighted by atomic mass is 9.95. The molecule has 0 saturated carbocycles. The molecule has 262 valence electrons. The van der Waals surface area contributed by atoms with Gasteiger partial charge in [-0.05, 0) is 25.7 Å². The van der Waals surface area contributed by atoms with E-state index in [2.05, 4.69) is 13.8 Å². The van der Waals surface area contributed by atoms with Gasteiger partial charge in [-0.2, -0.15) is 0 Å². The monoisotopic (exact) mass is 623 g/mol. The van der Waals surface area contributed by atoms with E-state index in [-0.39, 0.29) is 18.4 Å². The summed E-state index contributed by atoms with van der Waals surface area (Å²) in [6.45, 7) is 6.10. The highest BCUT2D eigenvalue weighted by molar-refractivity contribution is 5.77. The van der Waals surface area contributed by atoms with Crippen LogP contribution in [0, 0.1) is 5.92 Å². The number of nitrogens with zero attached hydrogens (tertiary/aromatic N) is 1. The number of hydrogen-bond acceptors (Lipinski definition) is 3. The number of nitrogens with two attached hydrogens (primary N) is 1. The zero-order valence-electron chi connectivity index (χ0n) is 29.9. The molecule has 0 spiro atoms. The van der Waals surface area contributed by atoms with Gasteiger partial charge in [-0.1, -0.05) is 187 Å². The van der Waals surface area contributed by atoms with Crippen molar-refractivity contribution in [2.75, 3.05) is 19.6 Å². The number of rotatable bonds is 36. The summed E-state index contributed by atoms with van der Waals surface area (Å²) in [4.78, 5) is 26.1. The fourth-order valence-electron chi connectivity index (χ4n) is 6.48. The predicted molar refractivity (Wildman–Crippen MR) is 191 cm³/mol. The number of carboxylic acid groups (broad SMARTS) is 1. The highest BCUT2D eigenvalue weighted by Gasteiger charge is 2.17. The van der Waals surface area contributed by atoms with Gasteiger partial charge < -0.3 is 15.7 Å². The fourth-order valence-corrected chi connectivity index (χ4v) is 6.48. The van der Waals surface area contributed by atoms with E-state index in [1.54, 1.807) is 0 Å². The lowest BCUT2D eigenvalue weighted by Crippen LogP contribution is -2.37. The molecule has 1 unspecified atom stereocenters. The smallest absolute Gasteiger partial charge is 0.306 e. The van der Waals surface area contributed by atoms with Gasteiger partial charge in [-0.25, -0.2) is 0 Å². The zero-order valence-corrected chi connectivity index (χ0v) is 29.9. The van der Waals surface area contributed by atoms with E-state index in [4.69, 9.17) is 5.73 Å². The largest absolute Gasteiger partial charge is 0.481 e. The molecule has 5 nitrogen and oxygen atoms in total. The third-order valence-corrected chi connectivity index (χ3v) is 9.54. The molecule has 44 heavy (non-hydrogen) atoms. The summed E-state index contributed by atoms with van der Waals surface area (Å²) in [5.41, 5.74) is 5.69. The summed E-state index contributed by atoms with van der Waals surface area (Å²) in [7, 11) is 0. The summed E-state index contributed by atoms with van der Waals surface area (Å²) < 4.78 is 0. The number of unbranched alkanes of at least 4 members (excludes halogenated alkanes) is 26. The third-order valence-electron chi connectivity index (χ3n) is 9.54. The number of aliphatic carboxylic acids is 1. The normalized spacial score (nSPS) is 12.1. The van der Waals surface area contributed by atoms with Gasteiger partial charge in [0, 0.05) is 13.1 Å². The van der Waals surface area contributed by atoms with Gasteiger partial charge in [0.1, 0.15) is 0 Å². The molecule has 1 amide bonds. The molecule has 3 N–H and O–H groups in total. The molecule has 0 rings (SSSR count). The van der Waals surface area contributed by atoms with Gasteiger partial charge in [-0.15, -0.1) is 0 Å². The summed E-state index contributed by atoms with van der Waals surface area (Å²) in [6, 6.07) is 0. The molecule has 0 saturated heterocycles. The van der Waals surface area contributed by atoms with Crippen molar-refractivity contribution in [3.05, 3.63) is 0 Å². The van der Waals surface area contributed by atoms with Crippen LogP contribution in [0.5, 0.6) is 0 Å². The summed E-state index contributed by atoms with van der Waals surface area (Å²) in [5, 5.41) is 9.70. The van der Waals surface area contributed by atoms with Crippen molar-refractivity contribution >= 4 is 11.9 Å². The van der Waals surface area contributed by atoms with Gasteiger partial charge >= 0.3 is 5.97 Å². The van der Waals surface area contributed by atoms with E-state index in [1.807, 2.05) is 4.90 Å². The number of carboxylic acids is 1. The van der Waals surface area contributed by atoms with Crippen LogP contribution in [0.1, 0.15) is 213 Å². The van der Waals surface area contributed by atoms with Crippen LogP contribution >= 0.6 is 0 Å². The molecular weight excluding hydrogens is 544 g/mol. The lowest BCUT2D eigenvalue weighted by molar-refractivity contribution is -0.142. The topological polar surface area (TPSA) is 83.6 Å². The van der Waals surface area contributed by atoms with E-state index in [9.17, 15) is 14.7 Å². The Morgan fingerprint density at radius 2 is 0.750 bits per heavy atom. The van der Waals surface area contributed by atoms with Crippen LogP contribution in [-0.2, 0) is 9.59 Å². The first-order valence-electron chi connectivity index (χ1n) is 19.8. The standard InChI is InChI=1S/C39H78N2O3/c1-3-5-7-9-11-13-15-16-17-18-19-21-23-25-27-30-34-41(38(42)36-40)35-31-29-33-37(39(43)44)32-28-26-24-22-20-14-12-10-8-6-4-2/h37H,3-36,40H2,1-2H3,(H,43,44). The molecule has 0 aliphatic rings. The Kier molecular flexibility index (Phi) is 33.9. The highest BCUT2D eigenvalue weighted by atomic mass is 16.4. The molecule has 0 bridgehead atoms. The Hall–Kier alpha value is -1.10. The summed E-state index contributed by atoms with van der Waals surface area (Å²) >= 11 is 0. The van der Waals surface area contributed by atoms with Crippen molar-refractivity contribution in [3.8, 4) is 0 Å². The van der Waals surface area contributed by atoms with Crippen molar-refractivity contribution in [2.24, 2.45) is 11.7 Å². The second-order valence-corrected chi connectivity index (χ2v) is 13.7. The molecule has 5 heteroatoms. The average molecular weight is 623 g/mol. The van der Waals surface area contributed by atoms with Gasteiger partial charge in [0.2, 0.25) is 5.91 Å². The number of hydrogen-bond donors (Lipinski definition) is 2. The molecule has 0 fully saturated rings. The average Bonchev–Trinajstić information content (AvgIpc) is 3.02. The Balaban J connectivity index is 3.81. The van der Waals surface area contributed by atoms with E-state index >= 15 is 0 Å². The lowest BCUT2D eigenvalue weighted by Gasteiger charge is -2.22. The number of amides is 1. The van der Waals surface area contributed by atoms with Crippen LogP contribution in [0.4, 0.5) is 0 Å². The minimum Gasteiger partial charge on any atom is -0.481 e. The van der Waals surface area contributed by atoms with E-state index in [0.717, 1.165) is 51.5 Å². The first kappa shape index (κ1) is 42.9. The molecule has 0 aromatic rings. The second kappa shape index (κ2) is 34.8. The molecular formula is C39H78N2O3. The van der Waals surface area contributed by atoms with Gasteiger partial charge in [-0.3, -0.25) is 9.59 Å². The predicted octanol–water partition coefficient (Wildman–Crippen LogP) is 11.6. The molecule has 0 aromatic heterocycles. The first-order valence-corrected chi connectivity index (χ1v) is 19.8. The van der Waals surface area contributed by atoms with Crippen molar-refractivity contribution in [3.63, 3.8) is 0 Å². The summed E-state index contributed by atoms with van der Waals surface area (Å²) in [6.07, 6.45) is 39.0. The van der Waals surface area contributed by atoms with Crippen molar-refractivity contribution in [1.82, 2.24) is 4.90 Å².